The summed E-state index contributed by atoms with van der Waals surface area (Å²) in [5.74, 6) is -0.294. The molecular formula is C13H24N2O3. The van der Waals surface area contributed by atoms with E-state index in [-0.39, 0.29) is 11.8 Å². The van der Waals surface area contributed by atoms with Gasteiger partial charge in [-0.3, -0.25) is 4.79 Å². The van der Waals surface area contributed by atoms with Gasteiger partial charge in [0.05, 0.1) is 0 Å². The number of rotatable bonds is 6. The Kier molecular flexibility index (Phi) is 5.59. The van der Waals surface area contributed by atoms with E-state index >= 15 is 0 Å². The Morgan fingerprint density at radius 3 is 2.61 bits per heavy atom. The van der Waals surface area contributed by atoms with Gasteiger partial charge in [-0.25, -0.2) is 4.79 Å². The number of nitrogens with zero attached hydrogens (tertiary/aromatic N) is 1. The summed E-state index contributed by atoms with van der Waals surface area (Å²) in [6.45, 7) is 5.25. The second-order valence-corrected chi connectivity index (χ2v) is 5.52. The minimum absolute atomic E-state index is 0.0593. The second-order valence-electron chi connectivity index (χ2n) is 5.52. The van der Waals surface area contributed by atoms with Gasteiger partial charge in [-0.15, -0.1) is 0 Å². The Balaban J connectivity index is 2.55. The summed E-state index contributed by atoms with van der Waals surface area (Å²) in [5.41, 5.74) is 5.68. The summed E-state index contributed by atoms with van der Waals surface area (Å²) in [4.78, 5) is 24.7. The smallest absolute Gasteiger partial charge is 0.326 e. The van der Waals surface area contributed by atoms with Crippen molar-refractivity contribution in [3.63, 3.8) is 0 Å². The topological polar surface area (TPSA) is 83.6 Å². The monoisotopic (exact) mass is 256 g/mol. The van der Waals surface area contributed by atoms with Gasteiger partial charge in [-0.05, 0) is 37.6 Å². The maximum Gasteiger partial charge on any atom is 0.326 e. The van der Waals surface area contributed by atoms with Crippen molar-refractivity contribution in [3.8, 4) is 0 Å². The van der Waals surface area contributed by atoms with Crippen LogP contribution in [0.4, 0.5) is 0 Å². The van der Waals surface area contributed by atoms with Crippen molar-refractivity contribution in [1.82, 2.24) is 4.90 Å². The van der Waals surface area contributed by atoms with Crippen LogP contribution in [0.5, 0.6) is 0 Å². The lowest BCUT2D eigenvalue weighted by Crippen LogP contribution is -2.41. The molecule has 0 bridgehead atoms. The first kappa shape index (κ1) is 15.0. The molecule has 5 nitrogen and oxygen atoms in total. The van der Waals surface area contributed by atoms with Crippen molar-refractivity contribution >= 4 is 11.9 Å². The van der Waals surface area contributed by atoms with E-state index in [0.717, 1.165) is 12.8 Å². The molecule has 104 valence electrons. The van der Waals surface area contributed by atoms with Crippen LogP contribution in [0.15, 0.2) is 0 Å². The van der Waals surface area contributed by atoms with Gasteiger partial charge >= 0.3 is 5.97 Å². The average Bonchev–Trinajstić information content (AvgIpc) is 2.76. The average molecular weight is 256 g/mol. The van der Waals surface area contributed by atoms with Crippen LogP contribution in [0, 0.1) is 11.8 Å². The molecule has 1 saturated heterocycles. The maximum atomic E-state index is 12.1. The van der Waals surface area contributed by atoms with E-state index in [2.05, 4.69) is 13.8 Å². The first-order valence-corrected chi connectivity index (χ1v) is 6.68. The van der Waals surface area contributed by atoms with Gasteiger partial charge in [0, 0.05) is 13.0 Å². The molecule has 1 aliphatic heterocycles. The van der Waals surface area contributed by atoms with Crippen molar-refractivity contribution in [2.75, 3.05) is 13.1 Å². The minimum Gasteiger partial charge on any atom is -0.480 e. The number of aliphatic carboxylic acids is 1. The molecule has 1 amide bonds. The Morgan fingerprint density at radius 2 is 2.11 bits per heavy atom. The molecule has 18 heavy (non-hydrogen) atoms. The molecule has 1 fully saturated rings. The van der Waals surface area contributed by atoms with E-state index in [0.29, 0.717) is 31.8 Å². The van der Waals surface area contributed by atoms with Crippen LogP contribution in [-0.4, -0.2) is 41.0 Å². The van der Waals surface area contributed by atoms with Crippen LogP contribution in [0.3, 0.4) is 0 Å². The lowest BCUT2D eigenvalue weighted by Gasteiger charge is -2.24. The molecule has 5 heteroatoms. The summed E-state index contributed by atoms with van der Waals surface area (Å²) in [5, 5.41) is 9.05. The van der Waals surface area contributed by atoms with Gasteiger partial charge in [0.1, 0.15) is 6.04 Å². The molecule has 0 spiro atoms. The third-order valence-corrected chi connectivity index (χ3v) is 3.46. The van der Waals surface area contributed by atoms with Gasteiger partial charge in [0.25, 0.3) is 0 Å². The fraction of sp³-hybridized carbons (Fsp3) is 0.846. The molecule has 0 radical (unpaired) electrons. The largest absolute Gasteiger partial charge is 0.480 e. The highest BCUT2D eigenvalue weighted by atomic mass is 16.4. The first-order valence-electron chi connectivity index (χ1n) is 6.68. The SMILES string of the molecule is CC(C)CC(CN)CC(=O)N1CCCC1C(=O)O. The quantitative estimate of drug-likeness (QED) is 0.744. The molecule has 0 aliphatic carbocycles. The Bertz CT molecular complexity index is 305. The number of hydrogen-bond donors (Lipinski definition) is 2. The highest BCUT2D eigenvalue weighted by Gasteiger charge is 2.34. The predicted octanol–water partition coefficient (Wildman–Crippen LogP) is 1.07. The standard InChI is InChI=1S/C13H24N2O3/c1-9(2)6-10(8-14)7-12(16)15-5-3-4-11(15)13(17)18/h9-11H,3-8,14H2,1-2H3,(H,17,18). The number of amides is 1. The Hall–Kier alpha value is -1.10. The van der Waals surface area contributed by atoms with Gasteiger partial charge < -0.3 is 15.7 Å². The summed E-state index contributed by atoms with van der Waals surface area (Å²) in [7, 11) is 0. The van der Waals surface area contributed by atoms with E-state index in [1.54, 1.807) is 0 Å². The number of carboxylic acids is 1. The lowest BCUT2D eigenvalue weighted by atomic mass is 9.93. The third kappa shape index (κ3) is 3.98. The van der Waals surface area contributed by atoms with Crippen LogP contribution in [-0.2, 0) is 9.59 Å². The zero-order chi connectivity index (χ0) is 13.7. The molecule has 0 aromatic rings. The normalized spacial score (nSPS) is 21.3. The molecule has 0 aromatic carbocycles. The fourth-order valence-electron chi connectivity index (χ4n) is 2.62. The molecule has 2 unspecified atom stereocenters. The number of nitrogens with two attached hydrogens (primary N) is 1. The third-order valence-electron chi connectivity index (χ3n) is 3.46. The number of carbonyl (C=O) groups is 2. The molecule has 1 aliphatic rings. The van der Waals surface area contributed by atoms with Crippen LogP contribution in [0.2, 0.25) is 0 Å². The van der Waals surface area contributed by atoms with Crippen molar-refractivity contribution < 1.29 is 14.7 Å². The predicted molar refractivity (Wildman–Crippen MR) is 69.0 cm³/mol. The van der Waals surface area contributed by atoms with Crippen molar-refractivity contribution in [3.05, 3.63) is 0 Å². The van der Waals surface area contributed by atoms with Gasteiger partial charge in [-0.2, -0.15) is 0 Å². The van der Waals surface area contributed by atoms with Crippen LogP contribution in [0.25, 0.3) is 0 Å². The van der Waals surface area contributed by atoms with E-state index < -0.39 is 12.0 Å². The van der Waals surface area contributed by atoms with Crippen molar-refractivity contribution in [1.29, 1.82) is 0 Å². The molecule has 3 N–H and O–H groups in total. The Labute approximate surface area is 108 Å². The highest BCUT2D eigenvalue weighted by Crippen LogP contribution is 2.22. The molecule has 0 saturated carbocycles. The van der Waals surface area contributed by atoms with Crippen LogP contribution >= 0.6 is 0 Å². The first-order chi connectivity index (χ1) is 8.45. The van der Waals surface area contributed by atoms with Gasteiger partial charge in [-0.1, -0.05) is 13.8 Å². The van der Waals surface area contributed by atoms with E-state index in [9.17, 15) is 9.59 Å². The molecule has 1 rings (SSSR count). The van der Waals surface area contributed by atoms with Crippen LogP contribution in [0.1, 0.15) is 39.5 Å². The molecule has 2 atom stereocenters. The Morgan fingerprint density at radius 1 is 1.44 bits per heavy atom. The fourth-order valence-corrected chi connectivity index (χ4v) is 2.62. The summed E-state index contributed by atoms with van der Waals surface area (Å²) in [6, 6.07) is -0.630. The van der Waals surface area contributed by atoms with Crippen LogP contribution < -0.4 is 5.73 Å². The summed E-state index contributed by atoms with van der Waals surface area (Å²) >= 11 is 0. The van der Waals surface area contributed by atoms with Crippen molar-refractivity contribution in [2.24, 2.45) is 17.6 Å². The van der Waals surface area contributed by atoms with E-state index in [1.165, 1.54) is 4.90 Å². The maximum absolute atomic E-state index is 12.1. The number of carbonyl (C=O) groups excluding carboxylic acids is 1. The number of carboxylic acid groups (broad SMARTS) is 1. The van der Waals surface area contributed by atoms with Crippen molar-refractivity contribution in [2.45, 2.75) is 45.6 Å². The zero-order valence-corrected chi connectivity index (χ0v) is 11.3. The lowest BCUT2D eigenvalue weighted by molar-refractivity contribution is -0.148. The van der Waals surface area contributed by atoms with Gasteiger partial charge in [0.2, 0.25) is 5.91 Å². The molecular weight excluding hydrogens is 232 g/mol. The van der Waals surface area contributed by atoms with E-state index in [4.69, 9.17) is 10.8 Å². The number of hydrogen-bond acceptors (Lipinski definition) is 3. The second kappa shape index (κ2) is 6.73. The zero-order valence-electron chi connectivity index (χ0n) is 11.3. The highest BCUT2D eigenvalue weighted by molar-refractivity contribution is 5.84. The number of likely N-dealkylation sites (tertiary alicyclic amines) is 1. The van der Waals surface area contributed by atoms with Gasteiger partial charge in [0.15, 0.2) is 0 Å². The summed E-state index contributed by atoms with van der Waals surface area (Å²) < 4.78 is 0. The van der Waals surface area contributed by atoms with E-state index in [1.807, 2.05) is 0 Å². The molecule has 0 aromatic heterocycles. The molecule has 1 heterocycles. The minimum atomic E-state index is -0.894. The summed E-state index contributed by atoms with van der Waals surface area (Å²) in [6.07, 6.45) is 2.63.